The van der Waals surface area contributed by atoms with Gasteiger partial charge in [-0.1, -0.05) is 43.1 Å². The van der Waals surface area contributed by atoms with Crippen molar-refractivity contribution in [2.75, 3.05) is 0 Å². The van der Waals surface area contributed by atoms with E-state index in [-0.39, 0.29) is 5.56 Å². The molecule has 100 valence electrons. The Morgan fingerprint density at radius 2 is 2.16 bits per heavy atom. The molecule has 4 nitrogen and oxygen atoms in total. The maximum atomic E-state index is 11.3. The quantitative estimate of drug-likeness (QED) is 0.907. The van der Waals surface area contributed by atoms with Crippen molar-refractivity contribution in [3.63, 3.8) is 0 Å². The van der Waals surface area contributed by atoms with Crippen molar-refractivity contribution < 1.29 is 9.90 Å². The molecule has 1 aromatic heterocycles. The van der Waals surface area contributed by atoms with Crippen molar-refractivity contribution in [2.45, 2.75) is 26.3 Å². The molecular weight excluding hydrogens is 264 g/mol. The van der Waals surface area contributed by atoms with E-state index in [0.717, 1.165) is 12.8 Å². The first-order valence-corrected chi connectivity index (χ1v) is 6.57. The van der Waals surface area contributed by atoms with Gasteiger partial charge in [-0.2, -0.15) is 5.10 Å². The van der Waals surface area contributed by atoms with Crippen LogP contribution in [0.1, 0.15) is 30.1 Å². The van der Waals surface area contributed by atoms with E-state index in [1.807, 2.05) is 18.2 Å². The number of nitrogens with zero attached hydrogens (tertiary/aromatic N) is 2. The van der Waals surface area contributed by atoms with Crippen molar-refractivity contribution in [1.82, 2.24) is 9.78 Å². The predicted molar refractivity (Wildman–Crippen MR) is 74.5 cm³/mol. The highest BCUT2D eigenvalue weighted by atomic mass is 35.5. The lowest BCUT2D eigenvalue weighted by Crippen LogP contribution is -2.05. The number of halogens is 1. The first-order chi connectivity index (χ1) is 9.15. The Kier molecular flexibility index (Phi) is 4.22. The average molecular weight is 279 g/mol. The summed E-state index contributed by atoms with van der Waals surface area (Å²) >= 11 is 6.16. The van der Waals surface area contributed by atoms with E-state index in [1.54, 1.807) is 10.7 Å². The summed E-state index contributed by atoms with van der Waals surface area (Å²) in [5, 5.41) is 14.0. The molecule has 0 aliphatic rings. The monoisotopic (exact) mass is 278 g/mol. The van der Waals surface area contributed by atoms with E-state index in [0.29, 0.717) is 22.8 Å². The minimum atomic E-state index is -0.988. The second-order valence-corrected chi connectivity index (χ2v) is 4.68. The standard InChI is InChI=1S/C14H15ClN2O2/c1-2-3-8-17-13(11(9-16-17)14(18)19)10-6-4-5-7-12(10)15/h4-7,9H,2-3,8H2,1H3,(H,18,19). The molecule has 0 unspecified atom stereocenters. The van der Waals surface area contributed by atoms with Gasteiger partial charge in [-0.25, -0.2) is 4.79 Å². The zero-order valence-corrected chi connectivity index (χ0v) is 11.4. The van der Waals surface area contributed by atoms with Crippen molar-refractivity contribution in [1.29, 1.82) is 0 Å². The van der Waals surface area contributed by atoms with Crippen LogP contribution in [-0.2, 0) is 6.54 Å². The average Bonchev–Trinajstić information content (AvgIpc) is 2.80. The Hall–Kier alpha value is -1.81. The smallest absolute Gasteiger partial charge is 0.339 e. The fourth-order valence-electron chi connectivity index (χ4n) is 1.96. The van der Waals surface area contributed by atoms with Crippen molar-refractivity contribution in [2.24, 2.45) is 0 Å². The van der Waals surface area contributed by atoms with Crippen LogP contribution in [0.25, 0.3) is 11.3 Å². The normalized spacial score (nSPS) is 10.6. The molecule has 19 heavy (non-hydrogen) atoms. The second kappa shape index (κ2) is 5.89. The first-order valence-electron chi connectivity index (χ1n) is 6.19. The Balaban J connectivity index is 2.55. The summed E-state index contributed by atoms with van der Waals surface area (Å²) in [6.45, 7) is 2.76. The van der Waals surface area contributed by atoms with Crippen LogP contribution < -0.4 is 0 Å². The highest BCUT2D eigenvalue weighted by Gasteiger charge is 2.19. The lowest BCUT2D eigenvalue weighted by atomic mass is 10.1. The molecule has 1 aromatic carbocycles. The zero-order valence-electron chi connectivity index (χ0n) is 10.6. The summed E-state index contributed by atoms with van der Waals surface area (Å²) in [6, 6.07) is 7.22. The fourth-order valence-corrected chi connectivity index (χ4v) is 2.18. The number of hydrogen-bond acceptors (Lipinski definition) is 2. The van der Waals surface area contributed by atoms with E-state index in [2.05, 4.69) is 12.0 Å². The summed E-state index contributed by atoms with van der Waals surface area (Å²) in [4.78, 5) is 11.3. The van der Waals surface area contributed by atoms with Gasteiger partial charge in [-0.15, -0.1) is 0 Å². The van der Waals surface area contributed by atoms with Crippen LogP contribution in [0.5, 0.6) is 0 Å². The van der Waals surface area contributed by atoms with Crippen LogP contribution in [0, 0.1) is 0 Å². The van der Waals surface area contributed by atoms with E-state index >= 15 is 0 Å². The Morgan fingerprint density at radius 1 is 1.42 bits per heavy atom. The predicted octanol–water partition coefficient (Wildman–Crippen LogP) is 3.70. The third-order valence-corrected chi connectivity index (χ3v) is 3.25. The number of carbonyl (C=O) groups is 1. The molecule has 0 fully saturated rings. The van der Waals surface area contributed by atoms with E-state index in [1.165, 1.54) is 6.20 Å². The molecule has 0 radical (unpaired) electrons. The number of carboxylic acids is 1. The third kappa shape index (κ3) is 2.79. The number of aromatic nitrogens is 2. The lowest BCUT2D eigenvalue weighted by molar-refractivity contribution is 0.0697. The third-order valence-electron chi connectivity index (χ3n) is 2.92. The Morgan fingerprint density at radius 3 is 2.79 bits per heavy atom. The molecule has 0 saturated heterocycles. The fraction of sp³-hybridized carbons (Fsp3) is 0.286. The number of benzene rings is 1. The van der Waals surface area contributed by atoms with Crippen molar-refractivity contribution in [3.05, 3.63) is 41.0 Å². The van der Waals surface area contributed by atoms with E-state index in [4.69, 9.17) is 11.6 Å². The van der Waals surface area contributed by atoms with Crippen LogP contribution in [0.15, 0.2) is 30.5 Å². The largest absolute Gasteiger partial charge is 0.478 e. The maximum Gasteiger partial charge on any atom is 0.339 e. The van der Waals surface area contributed by atoms with Crippen LogP contribution in [0.3, 0.4) is 0 Å². The molecule has 1 heterocycles. The lowest BCUT2D eigenvalue weighted by Gasteiger charge is -2.09. The second-order valence-electron chi connectivity index (χ2n) is 4.27. The maximum absolute atomic E-state index is 11.3. The number of rotatable bonds is 5. The molecule has 0 aliphatic heterocycles. The molecule has 1 N–H and O–H groups in total. The van der Waals surface area contributed by atoms with Crippen molar-refractivity contribution >= 4 is 17.6 Å². The molecule has 0 amide bonds. The van der Waals surface area contributed by atoms with Crippen LogP contribution in [0.4, 0.5) is 0 Å². The number of hydrogen-bond donors (Lipinski definition) is 1. The molecule has 5 heteroatoms. The molecular formula is C14H15ClN2O2. The molecule has 2 aromatic rings. The molecule has 0 aliphatic carbocycles. The highest BCUT2D eigenvalue weighted by Crippen LogP contribution is 2.30. The summed E-state index contributed by atoms with van der Waals surface area (Å²) in [6.07, 6.45) is 3.35. The molecule has 0 saturated carbocycles. The van der Waals surface area contributed by atoms with Gasteiger partial charge < -0.3 is 5.11 Å². The van der Waals surface area contributed by atoms with Gasteiger partial charge in [-0.3, -0.25) is 4.68 Å². The summed E-state index contributed by atoms with van der Waals surface area (Å²) < 4.78 is 1.72. The first kappa shape index (κ1) is 13.6. The molecule has 0 atom stereocenters. The number of aromatic carboxylic acids is 1. The van der Waals surface area contributed by atoms with Gasteiger partial charge in [0.05, 0.1) is 11.9 Å². The van der Waals surface area contributed by atoms with Crippen LogP contribution in [0.2, 0.25) is 5.02 Å². The minimum absolute atomic E-state index is 0.184. The van der Waals surface area contributed by atoms with Gasteiger partial charge in [0.2, 0.25) is 0 Å². The molecule has 0 bridgehead atoms. The molecule has 0 spiro atoms. The summed E-state index contributed by atoms with van der Waals surface area (Å²) in [7, 11) is 0. The van der Waals surface area contributed by atoms with Crippen LogP contribution >= 0.6 is 11.6 Å². The van der Waals surface area contributed by atoms with E-state index in [9.17, 15) is 9.90 Å². The van der Waals surface area contributed by atoms with Gasteiger partial charge in [0, 0.05) is 17.1 Å². The Bertz CT molecular complexity index is 593. The van der Waals surface area contributed by atoms with Gasteiger partial charge in [0.15, 0.2) is 0 Å². The van der Waals surface area contributed by atoms with Gasteiger partial charge in [-0.05, 0) is 12.5 Å². The number of unbranched alkanes of at least 4 members (excludes halogenated alkanes) is 1. The van der Waals surface area contributed by atoms with Crippen molar-refractivity contribution in [3.8, 4) is 11.3 Å². The number of carboxylic acid groups (broad SMARTS) is 1. The minimum Gasteiger partial charge on any atom is -0.478 e. The highest BCUT2D eigenvalue weighted by molar-refractivity contribution is 6.33. The zero-order chi connectivity index (χ0) is 13.8. The topological polar surface area (TPSA) is 55.1 Å². The van der Waals surface area contributed by atoms with Gasteiger partial charge in [0.1, 0.15) is 5.56 Å². The SMILES string of the molecule is CCCCn1ncc(C(=O)O)c1-c1ccccc1Cl. The summed E-state index contributed by atoms with van der Waals surface area (Å²) in [5.74, 6) is -0.988. The number of aryl methyl sites for hydroxylation is 1. The molecule has 2 rings (SSSR count). The Labute approximate surface area is 116 Å². The van der Waals surface area contributed by atoms with Gasteiger partial charge in [0.25, 0.3) is 0 Å². The summed E-state index contributed by atoms with van der Waals surface area (Å²) in [5.41, 5.74) is 1.46. The van der Waals surface area contributed by atoms with Crippen LogP contribution in [-0.4, -0.2) is 20.9 Å². The van der Waals surface area contributed by atoms with Gasteiger partial charge >= 0.3 is 5.97 Å². The van der Waals surface area contributed by atoms with E-state index < -0.39 is 5.97 Å².